The Labute approximate surface area is 182 Å². The van der Waals surface area contributed by atoms with E-state index in [9.17, 15) is 31.9 Å². The number of aromatic hydroxyl groups is 1. The van der Waals surface area contributed by atoms with Crippen molar-refractivity contribution in [2.24, 2.45) is 0 Å². The molecule has 0 aromatic heterocycles. The Balaban J connectivity index is 1.39. The van der Waals surface area contributed by atoms with E-state index in [1.54, 1.807) is 0 Å². The van der Waals surface area contributed by atoms with Crippen molar-refractivity contribution in [2.45, 2.75) is 43.4 Å². The fourth-order valence-corrected chi connectivity index (χ4v) is 4.59. The molecular weight excluding hydrogens is 431 g/mol. The zero-order valence-corrected chi connectivity index (χ0v) is 17.2. The van der Waals surface area contributed by atoms with Crippen LogP contribution < -0.4 is 0 Å². The van der Waals surface area contributed by atoms with Crippen LogP contribution in [0.1, 0.15) is 35.4 Å². The Kier molecular flexibility index (Phi) is 5.87. The van der Waals surface area contributed by atoms with Crippen LogP contribution >= 0.6 is 0 Å². The van der Waals surface area contributed by atoms with Crippen LogP contribution in [0.15, 0.2) is 48.5 Å². The lowest BCUT2D eigenvalue weighted by Gasteiger charge is -2.40. The first-order valence-corrected chi connectivity index (χ1v) is 10.4. The van der Waals surface area contributed by atoms with Crippen molar-refractivity contribution in [1.29, 1.82) is 0 Å². The number of likely N-dealkylation sites (tertiary alicyclic amines) is 2. The number of hydrogen-bond donors (Lipinski definition) is 1. The number of phenolic OH excluding ortho intramolecular Hbond substituents is 1. The maximum atomic E-state index is 14.9. The molecular formula is C23H23F5N2O2. The maximum Gasteiger partial charge on any atom is 0.416 e. The number of halogens is 5. The number of benzene rings is 2. The molecule has 2 fully saturated rings. The van der Waals surface area contributed by atoms with E-state index in [-0.39, 0.29) is 24.6 Å². The van der Waals surface area contributed by atoms with Crippen molar-refractivity contribution >= 4 is 5.91 Å². The normalized spacial score (nSPS) is 24.2. The lowest BCUT2D eigenvalue weighted by atomic mass is 9.85. The SMILES string of the molecule is O=C1C(N2CCC(c3ccc(O)cc3)C(F)(F)C2)CCN1Cc1ccc(C(F)(F)F)cc1. The molecule has 4 rings (SSSR count). The molecule has 2 aromatic carbocycles. The molecule has 2 aromatic rings. The summed E-state index contributed by atoms with van der Waals surface area (Å²) in [5, 5.41) is 9.39. The molecule has 0 spiro atoms. The number of piperidine rings is 1. The van der Waals surface area contributed by atoms with Gasteiger partial charge in [-0.05, 0) is 54.8 Å². The molecule has 0 bridgehead atoms. The molecule has 0 saturated carbocycles. The van der Waals surface area contributed by atoms with Gasteiger partial charge in [0.2, 0.25) is 5.91 Å². The minimum Gasteiger partial charge on any atom is -0.508 e. The smallest absolute Gasteiger partial charge is 0.416 e. The highest BCUT2D eigenvalue weighted by Gasteiger charge is 2.49. The first-order valence-electron chi connectivity index (χ1n) is 10.4. The maximum absolute atomic E-state index is 14.9. The Morgan fingerprint density at radius 1 is 0.969 bits per heavy atom. The van der Waals surface area contributed by atoms with Crippen LogP contribution in [0.4, 0.5) is 22.0 Å². The number of alkyl halides is 5. The molecule has 2 heterocycles. The molecule has 2 aliphatic heterocycles. The largest absolute Gasteiger partial charge is 0.508 e. The second-order valence-electron chi connectivity index (χ2n) is 8.42. The minimum absolute atomic E-state index is 0.0131. The standard InChI is InChI=1S/C23H23F5N2O2/c24-22(25)14-30(11-9-19(22)16-3-7-18(31)8-4-16)20-10-12-29(21(20)32)13-15-1-5-17(6-2-15)23(26,27)28/h1-8,19-20,31H,9-14H2. The van der Waals surface area contributed by atoms with Gasteiger partial charge in [-0.25, -0.2) is 8.78 Å². The number of hydrogen-bond acceptors (Lipinski definition) is 3. The summed E-state index contributed by atoms with van der Waals surface area (Å²) in [7, 11) is 0. The predicted octanol–water partition coefficient (Wildman–Crippen LogP) is 4.64. The Bertz CT molecular complexity index is 960. The lowest BCUT2D eigenvalue weighted by molar-refractivity contribution is -0.139. The van der Waals surface area contributed by atoms with E-state index in [0.29, 0.717) is 30.6 Å². The van der Waals surface area contributed by atoms with E-state index in [1.165, 1.54) is 46.2 Å². The Morgan fingerprint density at radius 2 is 1.62 bits per heavy atom. The fourth-order valence-electron chi connectivity index (χ4n) is 4.59. The topological polar surface area (TPSA) is 43.8 Å². The van der Waals surface area contributed by atoms with Crippen molar-refractivity contribution in [3.8, 4) is 5.75 Å². The van der Waals surface area contributed by atoms with E-state index in [0.717, 1.165) is 12.1 Å². The number of nitrogens with zero attached hydrogens (tertiary/aromatic N) is 2. The monoisotopic (exact) mass is 454 g/mol. The van der Waals surface area contributed by atoms with Gasteiger partial charge in [-0.1, -0.05) is 24.3 Å². The fraction of sp³-hybridized carbons (Fsp3) is 0.435. The highest BCUT2D eigenvalue weighted by molar-refractivity contribution is 5.84. The number of rotatable bonds is 4. The van der Waals surface area contributed by atoms with Crippen molar-refractivity contribution in [2.75, 3.05) is 19.6 Å². The van der Waals surface area contributed by atoms with Crippen LogP contribution in [0.5, 0.6) is 5.75 Å². The van der Waals surface area contributed by atoms with Gasteiger partial charge < -0.3 is 10.0 Å². The van der Waals surface area contributed by atoms with E-state index in [4.69, 9.17) is 0 Å². The van der Waals surface area contributed by atoms with Gasteiger partial charge in [0.05, 0.1) is 24.1 Å². The summed E-state index contributed by atoms with van der Waals surface area (Å²) in [4.78, 5) is 15.9. The molecule has 2 atom stereocenters. The number of phenols is 1. The first-order chi connectivity index (χ1) is 15.0. The van der Waals surface area contributed by atoms with Gasteiger partial charge >= 0.3 is 6.18 Å². The van der Waals surface area contributed by atoms with Crippen molar-refractivity contribution in [3.05, 3.63) is 65.2 Å². The molecule has 4 nitrogen and oxygen atoms in total. The zero-order chi connectivity index (χ0) is 23.1. The number of amides is 1. The average Bonchev–Trinajstić information content (AvgIpc) is 3.08. The summed E-state index contributed by atoms with van der Waals surface area (Å²) in [5.74, 6) is -4.28. The summed E-state index contributed by atoms with van der Waals surface area (Å²) in [6.45, 7) is 0.316. The number of carbonyl (C=O) groups excluding carboxylic acids is 1. The molecule has 0 radical (unpaired) electrons. The third-order valence-electron chi connectivity index (χ3n) is 6.29. The quantitative estimate of drug-likeness (QED) is 0.685. The third-order valence-corrected chi connectivity index (χ3v) is 6.29. The Morgan fingerprint density at radius 3 is 2.22 bits per heavy atom. The van der Waals surface area contributed by atoms with Crippen molar-refractivity contribution in [3.63, 3.8) is 0 Å². The van der Waals surface area contributed by atoms with Gasteiger partial charge in [0.25, 0.3) is 5.92 Å². The zero-order valence-electron chi connectivity index (χ0n) is 17.2. The Hall–Kier alpha value is -2.68. The highest BCUT2D eigenvalue weighted by Crippen LogP contribution is 2.42. The van der Waals surface area contributed by atoms with E-state index in [1.807, 2.05) is 0 Å². The first kappa shape index (κ1) is 22.5. The summed E-state index contributed by atoms with van der Waals surface area (Å²) < 4.78 is 68.0. The van der Waals surface area contributed by atoms with Gasteiger partial charge in [-0.15, -0.1) is 0 Å². The van der Waals surface area contributed by atoms with E-state index < -0.39 is 36.2 Å². The number of carbonyl (C=O) groups is 1. The molecule has 1 N–H and O–H groups in total. The second-order valence-corrected chi connectivity index (χ2v) is 8.42. The lowest BCUT2D eigenvalue weighted by Crippen LogP contribution is -2.53. The van der Waals surface area contributed by atoms with Crippen LogP contribution in [-0.2, 0) is 17.5 Å². The van der Waals surface area contributed by atoms with Crippen molar-refractivity contribution in [1.82, 2.24) is 9.80 Å². The molecule has 2 aliphatic rings. The van der Waals surface area contributed by atoms with Gasteiger partial charge in [0, 0.05) is 13.1 Å². The molecule has 32 heavy (non-hydrogen) atoms. The van der Waals surface area contributed by atoms with Crippen LogP contribution in [0.3, 0.4) is 0 Å². The molecule has 172 valence electrons. The molecule has 2 unspecified atom stereocenters. The summed E-state index contributed by atoms with van der Waals surface area (Å²) in [6, 6.07) is 9.73. The van der Waals surface area contributed by atoms with Gasteiger partial charge in [-0.3, -0.25) is 9.69 Å². The third kappa shape index (κ3) is 4.57. The van der Waals surface area contributed by atoms with Crippen LogP contribution in [0.2, 0.25) is 0 Å². The predicted molar refractivity (Wildman–Crippen MR) is 107 cm³/mol. The molecule has 2 saturated heterocycles. The van der Waals surface area contributed by atoms with Gasteiger partial charge in [0.1, 0.15) is 5.75 Å². The molecule has 0 aliphatic carbocycles. The van der Waals surface area contributed by atoms with Gasteiger partial charge in [-0.2, -0.15) is 13.2 Å². The average molecular weight is 454 g/mol. The van der Waals surface area contributed by atoms with E-state index >= 15 is 0 Å². The van der Waals surface area contributed by atoms with Crippen LogP contribution in [-0.4, -0.2) is 52.4 Å². The minimum atomic E-state index is -4.43. The summed E-state index contributed by atoms with van der Waals surface area (Å²) >= 11 is 0. The molecule has 9 heteroatoms. The van der Waals surface area contributed by atoms with Gasteiger partial charge in [0.15, 0.2) is 0 Å². The highest BCUT2D eigenvalue weighted by atomic mass is 19.4. The summed E-state index contributed by atoms with van der Waals surface area (Å²) in [5.41, 5.74) is 0.253. The van der Waals surface area contributed by atoms with E-state index in [2.05, 4.69) is 0 Å². The van der Waals surface area contributed by atoms with Crippen molar-refractivity contribution < 1.29 is 31.9 Å². The second kappa shape index (κ2) is 8.35. The van der Waals surface area contributed by atoms with Crippen LogP contribution in [0.25, 0.3) is 0 Å². The molecule has 1 amide bonds. The van der Waals surface area contributed by atoms with Crippen LogP contribution in [0, 0.1) is 0 Å². The summed E-state index contributed by atoms with van der Waals surface area (Å²) in [6.07, 6.45) is -3.84.